The van der Waals surface area contributed by atoms with Crippen molar-refractivity contribution < 1.29 is 14.3 Å². The molecule has 0 aromatic carbocycles. The number of halogens is 1. The molecule has 2 unspecified atom stereocenters. The third kappa shape index (κ3) is 2.89. The molecule has 0 saturated carbocycles. The van der Waals surface area contributed by atoms with Crippen LogP contribution in [0.4, 0.5) is 0 Å². The van der Waals surface area contributed by atoms with Crippen LogP contribution >= 0.6 is 27.7 Å². The zero-order valence-electron chi connectivity index (χ0n) is 10.8. The number of furan rings is 1. The van der Waals surface area contributed by atoms with Crippen LogP contribution in [0.15, 0.2) is 21.2 Å². The van der Waals surface area contributed by atoms with Gasteiger partial charge in [0.25, 0.3) is 0 Å². The Balaban J connectivity index is 1.72. The van der Waals surface area contributed by atoms with Crippen molar-refractivity contribution in [2.75, 3.05) is 18.1 Å². The smallest absolute Gasteiger partial charge is 0.146 e. The Hall–Kier alpha value is 0.0300. The fraction of sp³-hybridized carbons (Fsp3) is 0.714. The van der Waals surface area contributed by atoms with E-state index >= 15 is 0 Å². The van der Waals surface area contributed by atoms with Crippen molar-refractivity contribution in [3.8, 4) is 0 Å². The third-order valence-electron chi connectivity index (χ3n) is 4.30. The summed E-state index contributed by atoms with van der Waals surface area (Å²) in [5.74, 6) is 3.24. The average molecular weight is 347 g/mol. The summed E-state index contributed by atoms with van der Waals surface area (Å²) in [5.41, 5.74) is 0.00815. The van der Waals surface area contributed by atoms with Crippen molar-refractivity contribution in [3.05, 3.63) is 22.6 Å². The van der Waals surface area contributed by atoms with Gasteiger partial charge in [-0.05, 0) is 65.1 Å². The standard InChI is InChI=1S/C14H19BrO3S/c15-11-2-5-17-13(11)12(16)10-1-6-18-14(9-10)3-7-19-8-4-14/h2,5,10,12,16H,1,3-4,6-9H2. The molecular formula is C14H19BrO3S. The third-order valence-corrected chi connectivity index (χ3v) is 5.94. The molecule has 106 valence electrons. The van der Waals surface area contributed by atoms with Gasteiger partial charge in [0.15, 0.2) is 0 Å². The van der Waals surface area contributed by atoms with E-state index < -0.39 is 6.10 Å². The van der Waals surface area contributed by atoms with Gasteiger partial charge in [0, 0.05) is 6.61 Å². The Morgan fingerprint density at radius 2 is 2.21 bits per heavy atom. The predicted octanol–water partition coefficient (Wildman–Crippen LogP) is 3.77. The molecular weight excluding hydrogens is 328 g/mol. The van der Waals surface area contributed by atoms with Gasteiger partial charge in [-0.15, -0.1) is 0 Å². The maximum atomic E-state index is 10.5. The lowest BCUT2D eigenvalue weighted by Gasteiger charge is -2.44. The Morgan fingerprint density at radius 1 is 1.42 bits per heavy atom. The minimum atomic E-state index is -0.528. The van der Waals surface area contributed by atoms with E-state index in [1.54, 1.807) is 6.26 Å². The Labute approximate surface area is 126 Å². The second-order valence-electron chi connectivity index (χ2n) is 5.47. The van der Waals surface area contributed by atoms with Gasteiger partial charge in [0.2, 0.25) is 0 Å². The van der Waals surface area contributed by atoms with E-state index in [1.807, 2.05) is 17.8 Å². The van der Waals surface area contributed by atoms with Crippen molar-refractivity contribution in [1.82, 2.24) is 0 Å². The van der Waals surface area contributed by atoms with Crippen LogP contribution in [0, 0.1) is 5.92 Å². The molecule has 3 heterocycles. The molecule has 2 aliphatic heterocycles. The van der Waals surface area contributed by atoms with E-state index in [4.69, 9.17) is 9.15 Å². The Bertz CT molecular complexity index is 423. The van der Waals surface area contributed by atoms with Crippen LogP contribution in [0.5, 0.6) is 0 Å². The monoisotopic (exact) mass is 346 g/mol. The SMILES string of the molecule is OC(c1occc1Br)C1CCOC2(CCSCC2)C1. The van der Waals surface area contributed by atoms with Crippen LogP contribution in [0.3, 0.4) is 0 Å². The lowest BCUT2D eigenvalue weighted by atomic mass is 9.79. The summed E-state index contributed by atoms with van der Waals surface area (Å²) < 4.78 is 12.3. The highest BCUT2D eigenvalue weighted by molar-refractivity contribution is 9.10. The predicted molar refractivity (Wildman–Crippen MR) is 79.3 cm³/mol. The second-order valence-corrected chi connectivity index (χ2v) is 7.55. The van der Waals surface area contributed by atoms with Crippen LogP contribution in [-0.2, 0) is 4.74 Å². The van der Waals surface area contributed by atoms with Crippen LogP contribution in [0.25, 0.3) is 0 Å². The van der Waals surface area contributed by atoms with E-state index in [0.717, 1.165) is 36.8 Å². The number of aliphatic hydroxyl groups is 1. The maximum absolute atomic E-state index is 10.5. The van der Waals surface area contributed by atoms with Gasteiger partial charge in [-0.25, -0.2) is 0 Å². The minimum Gasteiger partial charge on any atom is -0.465 e. The first-order valence-electron chi connectivity index (χ1n) is 6.83. The van der Waals surface area contributed by atoms with Gasteiger partial charge in [-0.2, -0.15) is 11.8 Å². The first-order chi connectivity index (χ1) is 9.20. The molecule has 1 aromatic rings. The molecule has 2 fully saturated rings. The summed E-state index contributed by atoms with van der Waals surface area (Å²) in [4.78, 5) is 0. The molecule has 0 amide bonds. The highest BCUT2D eigenvalue weighted by atomic mass is 79.9. The van der Waals surface area contributed by atoms with Gasteiger partial charge in [0.05, 0.1) is 16.3 Å². The number of hydrogen-bond acceptors (Lipinski definition) is 4. The van der Waals surface area contributed by atoms with Crippen LogP contribution < -0.4 is 0 Å². The average Bonchev–Trinajstić information content (AvgIpc) is 2.85. The fourth-order valence-electron chi connectivity index (χ4n) is 3.16. The lowest BCUT2D eigenvalue weighted by molar-refractivity contribution is -0.123. The van der Waals surface area contributed by atoms with E-state index in [9.17, 15) is 5.11 Å². The molecule has 0 aliphatic carbocycles. The van der Waals surface area contributed by atoms with Crippen molar-refractivity contribution in [3.63, 3.8) is 0 Å². The van der Waals surface area contributed by atoms with Crippen LogP contribution in [0.1, 0.15) is 37.5 Å². The summed E-state index contributed by atoms with van der Waals surface area (Å²) in [6.45, 7) is 0.755. The number of thioether (sulfide) groups is 1. The largest absolute Gasteiger partial charge is 0.465 e. The van der Waals surface area contributed by atoms with E-state index in [2.05, 4.69) is 15.9 Å². The van der Waals surface area contributed by atoms with Crippen LogP contribution in [0.2, 0.25) is 0 Å². The van der Waals surface area contributed by atoms with Gasteiger partial charge < -0.3 is 14.3 Å². The van der Waals surface area contributed by atoms with Crippen LogP contribution in [-0.4, -0.2) is 28.8 Å². The maximum Gasteiger partial charge on any atom is 0.146 e. The molecule has 2 saturated heterocycles. The molecule has 19 heavy (non-hydrogen) atoms. The van der Waals surface area contributed by atoms with Gasteiger partial charge in [-0.1, -0.05) is 0 Å². The van der Waals surface area contributed by atoms with Crippen molar-refractivity contribution in [2.24, 2.45) is 5.92 Å². The molecule has 3 rings (SSSR count). The first-order valence-corrected chi connectivity index (χ1v) is 8.78. The summed E-state index contributed by atoms with van der Waals surface area (Å²) in [5, 5.41) is 10.5. The fourth-order valence-corrected chi connectivity index (χ4v) is 4.83. The molecule has 2 atom stereocenters. The molecule has 0 radical (unpaired) electrons. The van der Waals surface area contributed by atoms with Crippen molar-refractivity contribution in [1.29, 1.82) is 0 Å². The van der Waals surface area contributed by atoms with Gasteiger partial charge in [0.1, 0.15) is 11.9 Å². The second kappa shape index (κ2) is 5.80. The number of rotatable bonds is 2. The Morgan fingerprint density at radius 3 is 2.89 bits per heavy atom. The molecule has 1 N–H and O–H groups in total. The highest BCUT2D eigenvalue weighted by Gasteiger charge is 2.41. The molecule has 5 heteroatoms. The van der Waals surface area contributed by atoms with Gasteiger partial charge >= 0.3 is 0 Å². The summed E-state index contributed by atoms with van der Waals surface area (Å²) in [6, 6.07) is 1.84. The normalized spacial score (nSPS) is 28.4. The molecule has 0 bridgehead atoms. The van der Waals surface area contributed by atoms with Gasteiger partial charge in [-0.3, -0.25) is 0 Å². The zero-order chi connectivity index (χ0) is 13.3. The zero-order valence-corrected chi connectivity index (χ0v) is 13.2. The molecule has 2 aliphatic rings. The van der Waals surface area contributed by atoms with Crippen molar-refractivity contribution >= 4 is 27.7 Å². The Kier molecular flexibility index (Phi) is 4.27. The quantitative estimate of drug-likeness (QED) is 0.884. The van der Waals surface area contributed by atoms with E-state index in [0.29, 0.717) is 5.76 Å². The number of aliphatic hydroxyl groups excluding tert-OH is 1. The van der Waals surface area contributed by atoms with E-state index in [1.165, 1.54) is 11.5 Å². The van der Waals surface area contributed by atoms with Crippen molar-refractivity contribution in [2.45, 2.75) is 37.4 Å². The first kappa shape index (κ1) is 14.0. The summed E-state index contributed by atoms with van der Waals surface area (Å²) >= 11 is 5.44. The van der Waals surface area contributed by atoms with E-state index in [-0.39, 0.29) is 11.5 Å². The highest BCUT2D eigenvalue weighted by Crippen LogP contribution is 2.44. The minimum absolute atomic E-state index is 0.00815. The topological polar surface area (TPSA) is 42.6 Å². The summed E-state index contributed by atoms with van der Waals surface area (Å²) in [7, 11) is 0. The number of ether oxygens (including phenoxy) is 1. The number of hydrogen-bond donors (Lipinski definition) is 1. The lowest BCUT2D eigenvalue weighted by Crippen LogP contribution is -2.44. The molecule has 1 spiro atoms. The molecule has 1 aromatic heterocycles. The summed E-state index contributed by atoms with van der Waals surface area (Å²) in [6.07, 6.45) is 5.17. The molecule has 3 nitrogen and oxygen atoms in total.